The lowest BCUT2D eigenvalue weighted by atomic mass is 10.0. The molecule has 1 amide bonds. The Hall–Kier alpha value is -0.570. The SMILES string of the molecule is CCC1(C(=O)NC2CCCC2N)CC1. The fourth-order valence-electron chi connectivity index (χ4n) is 2.38. The van der Waals surface area contributed by atoms with Crippen LogP contribution in [0.2, 0.25) is 0 Å². The number of carbonyl (C=O) groups is 1. The number of hydrogen-bond donors (Lipinski definition) is 2. The van der Waals surface area contributed by atoms with Crippen LogP contribution in [0.5, 0.6) is 0 Å². The number of carbonyl (C=O) groups excluding carboxylic acids is 1. The fourth-order valence-corrected chi connectivity index (χ4v) is 2.38. The maximum atomic E-state index is 11.9. The molecule has 0 radical (unpaired) electrons. The van der Waals surface area contributed by atoms with Gasteiger partial charge in [0.2, 0.25) is 5.91 Å². The lowest BCUT2D eigenvalue weighted by Crippen LogP contribution is -2.46. The topological polar surface area (TPSA) is 55.1 Å². The molecule has 2 aliphatic rings. The summed E-state index contributed by atoms with van der Waals surface area (Å²) in [5.74, 6) is 0.252. The molecular weight excluding hydrogens is 176 g/mol. The van der Waals surface area contributed by atoms with Gasteiger partial charge in [-0.3, -0.25) is 4.79 Å². The number of nitrogens with one attached hydrogen (secondary N) is 1. The van der Waals surface area contributed by atoms with Crippen LogP contribution in [0.3, 0.4) is 0 Å². The van der Waals surface area contributed by atoms with Crippen molar-refractivity contribution < 1.29 is 4.79 Å². The highest BCUT2D eigenvalue weighted by Crippen LogP contribution is 2.48. The molecule has 14 heavy (non-hydrogen) atoms. The van der Waals surface area contributed by atoms with Gasteiger partial charge in [-0.2, -0.15) is 0 Å². The van der Waals surface area contributed by atoms with Crippen LogP contribution < -0.4 is 11.1 Å². The van der Waals surface area contributed by atoms with E-state index in [4.69, 9.17) is 5.73 Å². The maximum absolute atomic E-state index is 11.9. The predicted octanol–water partition coefficient (Wildman–Crippen LogP) is 1.17. The normalized spacial score (nSPS) is 34.1. The molecule has 2 atom stereocenters. The summed E-state index contributed by atoms with van der Waals surface area (Å²) in [6.07, 6.45) is 6.39. The quantitative estimate of drug-likeness (QED) is 0.712. The monoisotopic (exact) mass is 196 g/mol. The first-order valence-electron chi connectivity index (χ1n) is 5.74. The van der Waals surface area contributed by atoms with E-state index in [2.05, 4.69) is 12.2 Å². The Bertz CT molecular complexity index is 235. The first kappa shape index (κ1) is 9.97. The van der Waals surface area contributed by atoms with Gasteiger partial charge in [0.15, 0.2) is 0 Å². The van der Waals surface area contributed by atoms with E-state index < -0.39 is 0 Å². The zero-order chi connectivity index (χ0) is 10.2. The van der Waals surface area contributed by atoms with Crippen LogP contribution in [-0.4, -0.2) is 18.0 Å². The number of rotatable bonds is 3. The van der Waals surface area contributed by atoms with Gasteiger partial charge < -0.3 is 11.1 Å². The molecule has 2 aliphatic carbocycles. The van der Waals surface area contributed by atoms with Crippen LogP contribution in [0.4, 0.5) is 0 Å². The average molecular weight is 196 g/mol. The largest absolute Gasteiger partial charge is 0.351 e. The van der Waals surface area contributed by atoms with E-state index in [0.717, 1.165) is 38.5 Å². The minimum absolute atomic E-state index is 0.0116. The molecule has 2 saturated carbocycles. The van der Waals surface area contributed by atoms with E-state index in [-0.39, 0.29) is 23.4 Å². The second kappa shape index (κ2) is 3.54. The summed E-state index contributed by atoms with van der Waals surface area (Å²) in [4.78, 5) is 11.9. The van der Waals surface area contributed by atoms with Crippen molar-refractivity contribution in [1.29, 1.82) is 0 Å². The number of nitrogens with two attached hydrogens (primary N) is 1. The van der Waals surface area contributed by atoms with Gasteiger partial charge in [-0.05, 0) is 38.5 Å². The molecule has 0 heterocycles. The lowest BCUT2D eigenvalue weighted by molar-refractivity contribution is -0.127. The van der Waals surface area contributed by atoms with Crippen molar-refractivity contribution >= 4 is 5.91 Å². The number of hydrogen-bond acceptors (Lipinski definition) is 2. The molecule has 0 spiro atoms. The molecule has 80 valence electrons. The number of amides is 1. The van der Waals surface area contributed by atoms with E-state index >= 15 is 0 Å². The van der Waals surface area contributed by atoms with Crippen molar-refractivity contribution in [3.05, 3.63) is 0 Å². The van der Waals surface area contributed by atoms with Crippen molar-refractivity contribution in [2.24, 2.45) is 11.1 Å². The molecule has 0 aromatic rings. The van der Waals surface area contributed by atoms with Gasteiger partial charge in [-0.1, -0.05) is 6.92 Å². The summed E-state index contributed by atoms with van der Waals surface area (Å²) in [7, 11) is 0. The molecule has 0 aromatic heterocycles. The summed E-state index contributed by atoms with van der Waals surface area (Å²) in [6.45, 7) is 2.10. The van der Waals surface area contributed by atoms with Gasteiger partial charge in [0.05, 0.1) is 0 Å². The Morgan fingerprint density at radius 1 is 1.50 bits per heavy atom. The highest BCUT2D eigenvalue weighted by molar-refractivity contribution is 5.85. The zero-order valence-corrected chi connectivity index (χ0v) is 8.88. The van der Waals surface area contributed by atoms with Crippen LogP contribution in [0, 0.1) is 5.41 Å². The standard InChI is InChI=1S/C11H20N2O/c1-2-11(6-7-11)10(14)13-9-5-3-4-8(9)12/h8-9H,2-7,12H2,1H3,(H,13,14). The van der Waals surface area contributed by atoms with E-state index in [1.165, 1.54) is 0 Å². The second-order valence-corrected chi connectivity index (χ2v) is 4.81. The van der Waals surface area contributed by atoms with E-state index in [0.29, 0.717) is 0 Å². The Labute approximate surface area is 85.4 Å². The van der Waals surface area contributed by atoms with E-state index in [1.54, 1.807) is 0 Å². The molecule has 2 fully saturated rings. The first-order valence-corrected chi connectivity index (χ1v) is 5.74. The minimum Gasteiger partial charge on any atom is -0.351 e. The minimum atomic E-state index is -0.0116. The average Bonchev–Trinajstić information content (AvgIpc) is 2.89. The predicted molar refractivity (Wildman–Crippen MR) is 55.7 cm³/mol. The van der Waals surface area contributed by atoms with E-state index in [1.807, 2.05) is 0 Å². The van der Waals surface area contributed by atoms with Crippen molar-refractivity contribution in [3.8, 4) is 0 Å². The van der Waals surface area contributed by atoms with Gasteiger partial charge in [-0.15, -0.1) is 0 Å². The summed E-state index contributed by atoms with van der Waals surface area (Å²) < 4.78 is 0. The van der Waals surface area contributed by atoms with Crippen molar-refractivity contribution in [3.63, 3.8) is 0 Å². The zero-order valence-electron chi connectivity index (χ0n) is 8.88. The third-order valence-electron chi connectivity index (χ3n) is 3.90. The van der Waals surface area contributed by atoms with Crippen LogP contribution in [-0.2, 0) is 4.79 Å². The molecular formula is C11H20N2O. The molecule has 0 aliphatic heterocycles. The van der Waals surface area contributed by atoms with Crippen LogP contribution in [0.25, 0.3) is 0 Å². The third-order valence-corrected chi connectivity index (χ3v) is 3.90. The Morgan fingerprint density at radius 3 is 2.64 bits per heavy atom. The highest BCUT2D eigenvalue weighted by Gasteiger charge is 2.48. The van der Waals surface area contributed by atoms with Crippen molar-refractivity contribution in [2.45, 2.75) is 57.5 Å². The molecule has 3 N–H and O–H groups in total. The third kappa shape index (κ3) is 1.65. The van der Waals surface area contributed by atoms with Crippen molar-refractivity contribution in [2.75, 3.05) is 0 Å². The maximum Gasteiger partial charge on any atom is 0.226 e. The van der Waals surface area contributed by atoms with Crippen LogP contribution in [0.15, 0.2) is 0 Å². The molecule has 3 nitrogen and oxygen atoms in total. The highest BCUT2D eigenvalue weighted by atomic mass is 16.2. The van der Waals surface area contributed by atoms with Gasteiger partial charge in [0, 0.05) is 17.5 Å². The Balaban J connectivity index is 1.88. The molecule has 0 bridgehead atoms. The lowest BCUT2D eigenvalue weighted by Gasteiger charge is -2.20. The Morgan fingerprint density at radius 2 is 2.21 bits per heavy atom. The fraction of sp³-hybridized carbons (Fsp3) is 0.909. The molecule has 0 saturated heterocycles. The summed E-state index contributed by atoms with van der Waals surface area (Å²) in [5, 5.41) is 3.12. The van der Waals surface area contributed by atoms with Gasteiger partial charge in [0.25, 0.3) is 0 Å². The molecule has 2 rings (SSSR count). The van der Waals surface area contributed by atoms with Crippen molar-refractivity contribution in [1.82, 2.24) is 5.32 Å². The van der Waals surface area contributed by atoms with Gasteiger partial charge >= 0.3 is 0 Å². The second-order valence-electron chi connectivity index (χ2n) is 4.81. The summed E-state index contributed by atoms with van der Waals surface area (Å²) in [6, 6.07) is 0.429. The molecule has 0 aromatic carbocycles. The first-order chi connectivity index (χ1) is 6.68. The summed E-state index contributed by atoms with van der Waals surface area (Å²) in [5.41, 5.74) is 5.91. The van der Waals surface area contributed by atoms with Crippen LogP contribution in [0.1, 0.15) is 45.4 Å². The van der Waals surface area contributed by atoms with Gasteiger partial charge in [0.1, 0.15) is 0 Å². The Kier molecular flexibility index (Phi) is 2.52. The summed E-state index contributed by atoms with van der Waals surface area (Å²) >= 11 is 0. The smallest absolute Gasteiger partial charge is 0.226 e. The molecule has 2 unspecified atom stereocenters. The van der Waals surface area contributed by atoms with Gasteiger partial charge in [-0.25, -0.2) is 0 Å². The van der Waals surface area contributed by atoms with Crippen LogP contribution >= 0.6 is 0 Å². The van der Waals surface area contributed by atoms with E-state index in [9.17, 15) is 4.79 Å². The molecule has 3 heteroatoms.